The number of rotatable bonds is 5. The van der Waals surface area contributed by atoms with Gasteiger partial charge in [0.15, 0.2) is 15.9 Å². The fourth-order valence-electron chi connectivity index (χ4n) is 1.36. The predicted molar refractivity (Wildman–Crippen MR) is 68.5 cm³/mol. The molecular formula is C11H11FN2O2S2. The van der Waals surface area contributed by atoms with Crippen LogP contribution in [0.5, 0.6) is 5.75 Å². The zero-order valence-electron chi connectivity index (χ0n) is 9.54. The number of aliphatic hydroxyl groups is 1. The lowest BCUT2D eigenvalue weighted by atomic mass is 10.1. The van der Waals surface area contributed by atoms with Gasteiger partial charge >= 0.3 is 0 Å². The minimum Gasteiger partial charge on any atom is -0.494 e. The van der Waals surface area contributed by atoms with Crippen molar-refractivity contribution in [3.63, 3.8) is 0 Å². The summed E-state index contributed by atoms with van der Waals surface area (Å²) in [6, 6.07) is 4.43. The average Bonchev–Trinajstić information content (AvgIpc) is 2.89. The molecule has 7 heteroatoms. The first kappa shape index (κ1) is 13.3. The van der Waals surface area contributed by atoms with E-state index in [4.69, 9.17) is 4.74 Å². The number of benzene rings is 1. The van der Waals surface area contributed by atoms with E-state index in [2.05, 4.69) is 10.2 Å². The number of thioether (sulfide) groups is 1. The molecule has 18 heavy (non-hydrogen) atoms. The third-order valence-corrected chi connectivity index (χ3v) is 4.20. The van der Waals surface area contributed by atoms with Crippen molar-refractivity contribution >= 4 is 23.1 Å². The molecule has 0 aliphatic rings. The van der Waals surface area contributed by atoms with Gasteiger partial charge in [-0.2, -0.15) is 0 Å². The number of aliphatic hydroxyl groups excluding tert-OH is 1. The van der Waals surface area contributed by atoms with Gasteiger partial charge in [-0.25, -0.2) is 4.39 Å². The van der Waals surface area contributed by atoms with E-state index in [1.807, 2.05) is 0 Å². The maximum Gasteiger partial charge on any atom is 0.174 e. The molecule has 0 aliphatic carbocycles. The van der Waals surface area contributed by atoms with Crippen LogP contribution in [-0.4, -0.2) is 28.2 Å². The minimum atomic E-state index is -0.751. The maximum atomic E-state index is 13.5. The van der Waals surface area contributed by atoms with Crippen molar-refractivity contribution in [1.29, 1.82) is 0 Å². The Labute approximate surface area is 112 Å². The molecule has 0 aliphatic heterocycles. The Hall–Kier alpha value is -1.18. The molecule has 0 amide bonds. The molecule has 1 atom stereocenters. The lowest BCUT2D eigenvalue weighted by molar-refractivity contribution is 0.203. The molecule has 4 nitrogen and oxygen atoms in total. The fraction of sp³-hybridized carbons (Fsp3) is 0.273. The summed E-state index contributed by atoms with van der Waals surface area (Å²) >= 11 is 2.79. The van der Waals surface area contributed by atoms with E-state index in [-0.39, 0.29) is 5.75 Å². The zero-order chi connectivity index (χ0) is 13.0. The number of nitrogens with zero attached hydrogens (tertiary/aromatic N) is 2. The number of hydrogen-bond donors (Lipinski definition) is 1. The Morgan fingerprint density at radius 1 is 1.56 bits per heavy atom. The van der Waals surface area contributed by atoms with E-state index in [0.29, 0.717) is 11.3 Å². The normalized spacial score (nSPS) is 12.4. The van der Waals surface area contributed by atoms with E-state index in [9.17, 15) is 9.50 Å². The highest BCUT2D eigenvalue weighted by Crippen LogP contribution is 2.27. The molecule has 0 bridgehead atoms. The number of hydrogen-bond acceptors (Lipinski definition) is 6. The van der Waals surface area contributed by atoms with E-state index >= 15 is 0 Å². The van der Waals surface area contributed by atoms with E-state index < -0.39 is 11.9 Å². The number of halogens is 1. The Morgan fingerprint density at radius 3 is 3.00 bits per heavy atom. The third-order valence-electron chi connectivity index (χ3n) is 2.27. The molecule has 1 aromatic heterocycles. The van der Waals surface area contributed by atoms with Crippen LogP contribution in [-0.2, 0) is 0 Å². The Balaban J connectivity index is 2.00. The quantitative estimate of drug-likeness (QED) is 0.856. The highest BCUT2D eigenvalue weighted by atomic mass is 32.2. The van der Waals surface area contributed by atoms with Gasteiger partial charge in [0.05, 0.1) is 13.2 Å². The Morgan fingerprint density at radius 2 is 2.39 bits per heavy atom. The largest absolute Gasteiger partial charge is 0.494 e. The molecule has 1 unspecified atom stereocenters. The molecule has 0 radical (unpaired) electrons. The van der Waals surface area contributed by atoms with Crippen molar-refractivity contribution in [2.75, 3.05) is 12.9 Å². The van der Waals surface area contributed by atoms with Crippen molar-refractivity contribution < 1.29 is 14.2 Å². The van der Waals surface area contributed by atoms with E-state index in [0.717, 1.165) is 4.34 Å². The van der Waals surface area contributed by atoms with Crippen molar-refractivity contribution in [1.82, 2.24) is 10.2 Å². The maximum absolute atomic E-state index is 13.5. The summed E-state index contributed by atoms with van der Waals surface area (Å²) in [5.41, 5.74) is 2.15. The van der Waals surface area contributed by atoms with Crippen LogP contribution in [0.2, 0.25) is 0 Å². The summed E-state index contributed by atoms with van der Waals surface area (Å²) in [4.78, 5) is 0. The predicted octanol–water partition coefficient (Wildman–Crippen LogP) is 2.51. The van der Waals surface area contributed by atoms with Gasteiger partial charge in [0.25, 0.3) is 0 Å². The lowest BCUT2D eigenvalue weighted by Gasteiger charge is -2.10. The minimum absolute atomic E-state index is 0.169. The first-order chi connectivity index (χ1) is 8.70. The summed E-state index contributed by atoms with van der Waals surface area (Å²) in [6.07, 6.45) is -0.751. The van der Waals surface area contributed by atoms with Gasteiger partial charge in [-0.05, 0) is 17.7 Å². The Bertz CT molecular complexity index is 508. The highest BCUT2D eigenvalue weighted by molar-refractivity contribution is 8.01. The first-order valence-electron chi connectivity index (χ1n) is 5.11. The van der Waals surface area contributed by atoms with Crippen molar-refractivity contribution in [3.05, 3.63) is 35.1 Å². The number of ether oxygens (including phenoxy) is 1. The molecular weight excluding hydrogens is 275 g/mol. The van der Waals surface area contributed by atoms with Gasteiger partial charge in [0, 0.05) is 5.75 Å². The molecule has 0 spiro atoms. The summed E-state index contributed by atoms with van der Waals surface area (Å²) in [5.74, 6) is 0.0960. The molecule has 0 saturated carbocycles. The van der Waals surface area contributed by atoms with Gasteiger partial charge in [0.2, 0.25) is 0 Å². The lowest BCUT2D eigenvalue weighted by Crippen LogP contribution is -2.01. The summed E-state index contributed by atoms with van der Waals surface area (Å²) in [7, 11) is 1.40. The van der Waals surface area contributed by atoms with Crippen LogP contribution < -0.4 is 4.74 Å². The van der Waals surface area contributed by atoms with Crippen LogP contribution in [0.4, 0.5) is 4.39 Å². The van der Waals surface area contributed by atoms with E-state index in [1.165, 1.54) is 42.3 Å². The summed E-state index contributed by atoms with van der Waals surface area (Å²) in [5, 5.41) is 17.5. The molecule has 0 saturated heterocycles. The average molecular weight is 286 g/mol. The van der Waals surface area contributed by atoms with Crippen LogP contribution in [0.3, 0.4) is 0 Å². The summed E-state index contributed by atoms with van der Waals surface area (Å²) < 4.78 is 19.1. The van der Waals surface area contributed by atoms with Crippen LogP contribution in [0, 0.1) is 5.82 Å². The van der Waals surface area contributed by atoms with Crippen LogP contribution in [0.25, 0.3) is 0 Å². The molecule has 1 aromatic carbocycles. The monoisotopic (exact) mass is 286 g/mol. The second-order valence-electron chi connectivity index (χ2n) is 3.43. The van der Waals surface area contributed by atoms with Gasteiger partial charge < -0.3 is 9.84 Å². The first-order valence-corrected chi connectivity index (χ1v) is 6.97. The second-order valence-corrected chi connectivity index (χ2v) is 5.53. The van der Waals surface area contributed by atoms with Crippen molar-refractivity contribution in [3.8, 4) is 5.75 Å². The molecule has 2 rings (SSSR count). The molecule has 1 N–H and O–H groups in total. The summed E-state index contributed by atoms with van der Waals surface area (Å²) in [6.45, 7) is 0. The van der Waals surface area contributed by atoms with E-state index in [1.54, 1.807) is 11.6 Å². The Kier molecular flexibility index (Phi) is 4.51. The molecule has 0 fully saturated rings. The smallest absolute Gasteiger partial charge is 0.174 e. The molecule has 1 heterocycles. The SMILES string of the molecule is COc1ccc(C(O)CSc2nncs2)cc1F. The van der Waals surface area contributed by atoms with Crippen molar-refractivity contribution in [2.24, 2.45) is 0 Å². The number of methoxy groups -OCH3 is 1. The van der Waals surface area contributed by atoms with Gasteiger partial charge in [0.1, 0.15) is 5.51 Å². The van der Waals surface area contributed by atoms with Crippen LogP contribution in [0.15, 0.2) is 28.0 Å². The van der Waals surface area contributed by atoms with Gasteiger partial charge in [-0.3, -0.25) is 0 Å². The van der Waals surface area contributed by atoms with Crippen LogP contribution >= 0.6 is 23.1 Å². The van der Waals surface area contributed by atoms with Gasteiger partial charge in [-0.15, -0.1) is 10.2 Å². The number of aromatic nitrogens is 2. The van der Waals surface area contributed by atoms with Gasteiger partial charge in [-0.1, -0.05) is 29.2 Å². The highest BCUT2D eigenvalue weighted by Gasteiger charge is 2.12. The molecule has 96 valence electrons. The van der Waals surface area contributed by atoms with Crippen molar-refractivity contribution in [2.45, 2.75) is 10.4 Å². The fourth-order valence-corrected chi connectivity index (χ4v) is 2.84. The zero-order valence-corrected chi connectivity index (χ0v) is 11.2. The molecule has 2 aromatic rings. The topological polar surface area (TPSA) is 55.2 Å². The standard InChI is InChI=1S/C11H11FN2O2S2/c1-16-10-3-2-7(4-8(10)12)9(15)5-17-11-14-13-6-18-11/h2-4,6,9,15H,5H2,1H3. The van der Waals surface area contributed by atoms with Crippen LogP contribution in [0.1, 0.15) is 11.7 Å². The third kappa shape index (κ3) is 3.18. The second kappa shape index (κ2) is 6.12.